The number of sulfonamides is 1. The van der Waals surface area contributed by atoms with E-state index in [-0.39, 0.29) is 6.54 Å². The normalized spacial score (nSPS) is 11.7. The highest BCUT2D eigenvalue weighted by Gasteiger charge is 2.19. The van der Waals surface area contributed by atoms with Crippen molar-refractivity contribution in [1.82, 2.24) is 20.0 Å². The van der Waals surface area contributed by atoms with Crippen molar-refractivity contribution in [2.75, 3.05) is 7.05 Å². The van der Waals surface area contributed by atoms with E-state index in [9.17, 15) is 8.42 Å². The molecule has 2 heterocycles. The van der Waals surface area contributed by atoms with Crippen LogP contribution in [0.5, 0.6) is 0 Å². The summed E-state index contributed by atoms with van der Waals surface area (Å²) in [7, 11) is -1.68. The second-order valence-corrected chi connectivity index (χ2v) is 7.26. The Morgan fingerprint density at radius 3 is 2.80 bits per heavy atom. The van der Waals surface area contributed by atoms with Crippen LogP contribution in [-0.4, -0.2) is 25.4 Å². The molecule has 0 unspecified atom stereocenters. The molecule has 8 heteroatoms. The Kier molecular flexibility index (Phi) is 4.81. The third-order valence-electron chi connectivity index (χ3n) is 2.65. The molecule has 0 spiro atoms. The summed E-state index contributed by atoms with van der Waals surface area (Å²) in [5.41, 5.74) is 0.631. The molecule has 0 bridgehead atoms. The average Bonchev–Trinajstić information content (AvgIpc) is 2.80. The standard InChI is InChI=1S/C12H16N4O2S2/c1-9-12(5-11(19-9)7-13-2)20(17,18)16-6-10-3-4-14-8-15-10/h3-5,8,13,16H,6-7H2,1-2H3. The third-order valence-corrected chi connectivity index (χ3v) is 5.36. The van der Waals surface area contributed by atoms with E-state index < -0.39 is 10.0 Å². The number of hydrogen-bond donors (Lipinski definition) is 2. The number of aryl methyl sites for hydroxylation is 1. The lowest BCUT2D eigenvalue weighted by molar-refractivity contribution is 0.580. The minimum Gasteiger partial charge on any atom is -0.315 e. The first kappa shape index (κ1) is 15.0. The van der Waals surface area contributed by atoms with Crippen LogP contribution in [0, 0.1) is 6.92 Å². The molecule has 0 saturated heterocycles. The van der Waals surface area contributed by atoms with Crippen LogP contribution in [0.15, 0.2) is 29.6 Å². The van der Waals surface area contributed by atoms with Gasteiger partial charge >= 0.3 is 0 Å². The molecular formula is C12H16N4O2S2. The largest absolute Gasteiger partial charge is 0.315 e. The fourth-order valence-electron chi connectivity index (χ4n) is 1.72. The Bertz CT molecular complexity index is 668. The number of rotatable bonds is 6. The number of thiophene rings is 1. The van der Waals surface area contributed by atoms with Crippen molar-refractivity contribution < 1.29 is 8.42 Å². The summed E-state index contributed by atoms with van der Waals surface area (Å²) >= 11 is 1.48. The summed E-state index contributed by atoms with van der Waals surface area (Å²) < 4.78 is 27.1. The summed E-state index contributed by atoms with van der Waals surface area (Å²) in [6.45, 7) is 2.62. The van der Waals surface area contributed by atoms with Crippen molar-refractivity contribution in [1.29, 1.82) is 0 Å². The van der Waals surface area contributed by atoms with Crippen LogP contribution < -0.4 is 10.0 Å². The Morgan fingerprint density at radius 1 is 1.35 bits per heavy atom. The van der Waals surface area contributed by atoms with Crippen molar-refractivity contribution in [2.24, 2.45) is 0 Å². The molecule has 0 aliphatic carbocycles. The van der Waals surface area contributed by atoms with Gasteiger partial charge in [-0.25, -0.2) is 23.1 Å². The smallest absolute Gasteiger partial charge is 0.242 e. The lowest BCUT2D eigenvalue weighted by Gasteiger charge is -2.05. The van der Waals surface area contributed by atoms with E-state index in [0.717, 1.165) is 9.75 Å². The zero-order chi connectivity index (χ0) is 14.6. The molecule has 0 aliphatic rings. The van der Waals surface area contributed by atoms with Crippen LogP contribution in [0.25, 0.3) is 0 Å². The van der Waals surface area contributed by atoms with Crippen LogP contribution in [0.4, 0.5) is 0 Å². The number of hydrogen-bond acceptors (Lipinski definition) is 6. The van der Waals surface area contributed by atoms with Gasteiger partial charge in [0, 0.05) is 22.5 Å². The maximum atomic E-state index is 12.3. The Hall–Kier alpha value is -1.35. The van der Waals surface area contributed by atoms with Gasteiger partial charge in [0.25, 0.3) is 0 Å². The maximum Gasteiger partial charge on any atom is 0.242 e. The van der Waals surface area contributed by atoms with Crippen LogP contribution in [-0.2, 0) is 23.1 Å². The van der Waals surface area contributed by atoms with Crippen LogP contribution in [0.2, 0.25) is 0 Å². The van der Waals surface area contributed by atoms with E-state index in [4.69, 9.17) is 0 Å². The SMILES string of the molecule is CNCc1cc(S(=O)(=O)NCc2ccncn2)c(C)s1. The van der Waals surface area contributed by atoms with Gasteiger partial charge in [-0.1, -0.05) is 0 Å². The van der Waals surface area contributed by atoms with E-state index >= 15 is 0 Å². The van der Waals surface area contributed by atoms with Crippen molar-refractivity contribution in [3.05, 3.63) is 40.1 Å². The first-order valence-electron chi connectivity index (χ1n) is 6.01. The Balaban J connectivity index is 2.14. The molecule has 2 aromatic heterocycles. The molecule has 2 aromatic rings. The van der Waals surface area contributed by atoms with Gasteiger partial charge in [-0.05, 0) is 26.1 Å². The molecule has 0 radical (unpaired) electrons. The quantitative estimate of drug-likeness (QED) is 0.833. The predicted octanol–water partition coefficient (Wildman–Crippen LogP) is 1.04. The summed E-state index contributed by atoms with van der Waals surface area (Å²) in [5.74, 6) is 0. The minimum atomic E-state index is -3.51. The molecule has 0 aromatic carbocycles. The van der Waals surface area contributed by atoms with Crippen LogP contribution in [0.1, 0.15) is 15.4 Å². The highest BCUT2D eigenvalue weighted by Crippen LogP contribution is 2.25. The second kappa shape index (κ2) is 6.40. The van der Waals surface area contributed by atoms with Crippen molar-refractivity contribution >= 4 is 21.4 Å². The van der Waals surface area contributed by atoms with Gasteiger partial charge in [-0.2, -0.15) is 0 Å². The molecule has 6 nitrogen and oxygen atoms in total. The zero-order valence-electron chi connectivity index (χ0n) is 11.3. The molecule has 108 valence electrons. The first-order chi connectivity index (χ1) is 9.53. The molecule has 2 N–H and O–H groups in total. The molecule has 0 saturated carbocycles. The van der Waals surface area contributed by atoms with E-state index in [2.05, 4.69) is 20.0 Å². The summed E-state index contributed by atoms with van der Waals surface area (Å²) in [6.07, 6.45) is 2.97. The minimum absolute atomic E-state index is 0.154. The van der Waals surface area contributed by atoms with Crippen molar-refractivity contribution in [2.45, 2.75) is 24.9 Å². The van der Waals surface area contributed by atoms with E-state index in [1.54, 1.807) is 18.3 Å². The predicted molar refractivity (Wildman–Crippen MR) is 77.9 cm³/mol. The molecule has 0 amide bonds. The molecule has 0 aliphatic heterocycles. The van der Waals surface area contributed by atoms with Crippen LogP contribution in [0.3, 0.4) is 0 Å². The van der Waals surface area contributed by atoms with E-state index in [0.29, 0.717) is 17.1 Å². The van der Waals surface area contributed by atoms with Crippen LogP contribution >= 0.6 is 11.3 Å². The summed E-state index contributed by atoms with van der Waals surface area (Å²) in [5, 5.41) is 3.01. The fourth-order valence-corrected chi connectivity index (χ4v) is 4.37. The first-order valence-corrected chi connectivity index (χ1v) is 8.31. The van der Waals surface area contributed by atoms with E-state index in [1.165, 1.54) is 17.7 Å². The molecule has 2 rings (SSSR count). The Morgan fingerprint density at radius 2 is 2.15 bits per heavy atom. The summed E-state index contributed by atoms with van der Waals surface area (Å²) in [4.78, 5) is 9.89. The van der Waals surface area contributed by atoms with Gasteiger partial charge in [0.1, 0.15) is 6.33 Å². The Labute approximate surface area is 122 Å². The zero-order valence-corrected chi connectivity index (χ0v) is 12.9. The topological polar surface area (TPSA) is 84.0 Å². The van der Waals surface area contributed by atoms with Gasteiger partial charge in [-0.15, -0.1) is 11.3 Å². The van der Waals surface area contributed by atoms with Gasteiger partial charge < -0.3 is 5.32 Å². The van der Waals surface area contributed by atoms with E-state index in [1.807, 2.05) is 14.0 Å². The highest BCUT2D eigenvalue weighted by molar-refractivity contribution is 7.89. The number of nitrogens with one attached hydrogen (secondary N) is 2. The van der Waals surface area contributed by atoms with Gasteiger partial charge in [-0.3, -0.25) is 0 Å². The monoisotopic (exact) mass is 312 g/mol. The van der Waals surface area contributed by atoms with Gasteiger partial charge in [0.15, 0.2) is 0 Å². The third kappa shape index (κ3) is 3.60. The molecule has 0 fully saturated rings. The summed E-state index contributed by atoms with van der Waals surface area (Å²) in [6, 6.07) is 3.38. The van der Waals surface area contributed by atoms with Gasteiger partial charge in [0.05, 0.1) is 17.1 Å². The van der Waals surface area contributed by atoms with Crippen molar-refractivity contribution in [3.8, 4) is 0 Å². The lowest BCUT2D eigenvalue weighted by atomic mass is 10.4. The molecule has 0 atom stereocenters. The van der Waals surface area contributed by atoms with Gasteiger partial charge in [0.2, 0.25) is 10.0 Å². The lowest BCUT2D eigenvalue weighted by Crippen LogP contribution is -2.23. The number of aromatic nitrogens is 2. The highest BCUT2D eigenvalue weighted by atomic mass is 32.2. The fraction of sp³-hybridized carbons (Fsp3) is 0.333. The molecule has 20 heavy (non-hydrogen) atoms. The second-order valence-electron chi connectivity index (χ2n) is 4.19. The maximum absolute atomic E-state index is 12.3. The molecular weight excluding hydrogens is 296 g/mol. The van der Waals surface area contributed by atoms with Crippen molar-refractivity contribution in [3.63, 3.8) is 0 Å². The number of nitrogens with zero attached hydrogens (tertiary/aromatic N) is 2. The average molecular weight is 312 g/mol.